The van der Waals surface area contributed by atoms with Crippen molar-refractivity contribution in [2.24, 2.45) is 7.05 Å². The molecule has 0 aliphatic heterocycles. The van der Waals surface area contributed by atoms with Crippen LogP contribution in [-0.4, -0.2) is 9.78 Å². The maximum atomic E-state index is 5.95. The molecule has 2 rings (SSSR count). The molecular weight excluding hydrogens is 214 g/mol. The Bertz CT molecular complexity index is 481. The summed E-state index contributed by atoms with van der Waals surface area (Å²) in [6, 6.07) is 6.84. The van der Waals surface area contributed by atoms with Crippen LogP contribution in [0.4, 0.5) is 5.69 Å². The zero-order valence-electron chi connectivity index (χ0n) is 8.14. The van der Waals surface area contributed by atoms with E-state index in [0.29, 0.717) is 22.3 Å². The number of hydrogen-bond donors (Lipinski definition) is 1. The van der Waals surface area contributed by atoms with Crippen LogP contribution in [0.15, 0.2) is 30.5 Å². The molecule has 0 saturated heterocycles. The Morgan fingerprint density at radius 3 is 2.80 bits per heavy atom. The molecule has 78 valence electrons. The average Bonchev–Trinajstić information content (AvgIpc) is 2.56. The first-order valence-electron chi connectivity index (χ1n) is 4.37. The van der Waals surface area contributed by atoms with Crippen LogP contribution in [0.2, 0.25) is 5.02 Å². The molecule has 0 aliphatic carbocycles. The molecule has 4 nitrogen and oxygen atoms in total. The number of benzene rings is 1. The molecule has 1 aromatic heterocycles. The van der Waals surface area contributed by atoms with Gasteiger partial charge in [-0.15, -0.1) is 5.10 Å². The van der Waals surface area contributed by atoms with Gasteiger partial charge in [0.2, 0.25) is 5.88 Å². The number of aromatic nitrogens is 2. The van der Waals surface area contributed by atoms with Gasteiger partial charge in [-0.1, -0.05) is 11.6 Å². The molecule has 1 aromatic carbocycles. The number of anilines is 1. The predicted molar refractivity (Wildman–Crippen MR) is 59.1 cm³/mol. The summed E-state index contributed by atoms with van der Waals surface area (Å²) >= 11 is 5.95. The van der Waals surface area contributed by atoms with E-state index in [0.717, 1.165) is 0 Å². The van der Waals surface area contributed by atoms with Crippen LogP contribution in [0.3, 0.4) is 0 Å². The number of rotatable bonds is 2. The largest absolute Gasteiger partial charge is 0.436 e. The first-order valence-corrected chi connectivity index (χ1v) is 4.75. The lowest BCUT2D eigenvalue weighted by Crippen LogP contribution is -1.91. The maximum absolute atomic E-state index is 5.95. The summed E-state index contributed by atoms with van der Waals surface area (Å²) in [6.45, 7) is 0. The minimum Gasteiger partial charge on any atom is -0.436 e. The average molecular weight is 224 g/mol. The molecule has 2 aromatic rings. The monoisotopic (exact) mass is 223 g/mol. The highest BCUT2D eigenvalue weighted by Gasteiger charge is 2.04. The molecule has 1 heterocycles. The van der Waals surface area contributed by atoms with Gasteiger partial charge >= 0.3 is 0 Å². The van der Waals surface area contributed by atoms with Crippen molar-refractivity contribution in [2.75, 3.05) is 5.73 Å². The summed E-state index contributed by atoms with van der Waals surface area (Å²) in [5.74, 6) is 1.05. The third-order valence-corrected chi connectivity index (χ3v) is 2.15. The highest BCUT2D eigenvalue weighted by Crippen LogP contribution is 2.29. The van der Waals surface area contributed by atoms with Gasteiger partial charge in [0.05, 0.1) is 5.02 Å². The van der Waals surface area contributed by atoms with Crippen molar-refractivity contribution in [3.05, 3.63) is 35.5 Å². The Labute approximate surface area is 92.2 Å². The summed E-state index contributed by atoms with van der Waals surface area (Å²) in [5.41, 5.74) is 6.17. The third-order valence-electron chi connectivity index (χ3n) is 1.86. The lowest BCUT2D eigenvalue weighted by atomic mass is 10.3. The zero-order chi connectivity index (χ0) is 10.8. The number of nitrogens with two attached hydrogens (primary N) is 1. The normalized spacial score (nSPS) is 10.3. The highest BCUT2D eigenvalue weighted by molar-refractivity contribution is 6.32. The van der Waals surface area contributed by atoms with E-state index in [1.165, 1.54) is 0 Å². The molecule has 0 amide bonds. The van der Waals surface area contributed by atoms with Crippen molar-refractivity contribution in [2.45, 2.75) is 0 Å². The second-order valence-electron chi connectivity index (χ2n) is 3.12. The second kappa shape index (κ2) is 3.82. The van der Waals surface area contributed by atoms with Crippen molar-refractivity contribution in [1.29, 1.82) is 0 Å². The zero-order valence-corrected chi connectivity index (χ0v) is 8.90. The van der Waals surface area contributed by atoms with E-state index in [4.69, 9.17) is 22.1 Å². The molecule has 0 fully saturated rings. The standard InChI is InChI=1S/C10H10ClN3O/c1-14-5-4-10(13-14)15-9-3-2-7(12)6-8(9)11/h2-6H,12H2,1H3. The molecule has 0 radical (unpaired) electrons. The van der Waals surface area contributed by atoms with Crippen molar-refractivity contribution in [3.8, 4) is 11.6 Å². The fourth-order valence-electron chi connectivity index (χ4n) is 1.16. The Balaban J connectivity index is 2.24. The molecule has 15 heavy (non-hydrogen) atoms. The second-order valence-corrected chi connectivity index (χ2v) is 3.53. The summed E-state index contributed by atoms with van der Waals surface area (Å²) in [4.78, 5) is 0. The van der Waals surface area contributed by atoms with Crippen LogP contribution in [0.25, 0.3) is 0 Å². The Morgan fingerprint density at radius 2 is 2.20 bits per heavy atom. The first kappa shape index (κ1) is 9.86. The Morgan fingerprint density at radius 1 is 1.40 bits per heavy atom. The van der Waals surface area contributed by atoms with E-state index in [9.17, 15) is 0 Å². The van der Waals surface area contributed by atoms with Crippen LogP contribution < -0.4 is 10.5 Å². The maximum Gasteiger partial charge on any atom is 0.238 e. The minimum absolute atomic E-state index is 0.473. The molecule has 0 saturated carbocycles. The summed E-state index contributed by atoms with van der Waals surface area (Å²) in [6.07, 6.45) is 1.79. The van der Waals surface area contributed by atoms with Gasteiger partial charge in [-0.3, -0.25) is 4.68 Å². The van der Waals surface area contributed by atoms with E-state index in [1.807, 2.05) is 7.05 Å². The van der Waals surface area contributed by atoms with Gasteiger partial charge in [-0.25, -0.2) is 0 Å². The smallest absolute Gasteiger partial charge is 0.238 e. The number of aryl methyl sites for hydroxylation is 1. The lowest BCUT2D eigenvalue weighted by Gasteiger charge is -2.04. The van der Waals surface area contributed by atoms with E-state index < -0.39 is 0 Å². The van der Waals surface area contributed by atoms with E-state index >= 15 is 0 Å². The van der Waals surface area contributed by atoms with Gasteiger partial charge in [0.15, 0.2) is 0 Å². The molecule has 0 aliphatic rings. The molecule has 0 spiro atoms. The summed E-state index contributed by atoms with van der Waals surface area (Å²) in [7, 11) is 1.82. The molecule has 0 atom stereocenters. The van der Waals surface area contributed by atoms with Crippen LogP contribution in [-0.2, 0) is 7.05 Å². The van der Waals surface area contributed by atoms with E-state index in [1.54, 1.807) is 35.1 Å². The SMILES string of the molecule is Cn1ccc(Oc2ccc(N)cc2Cl)n1. The molecule has 0 unspecified atom stereocenters. The summed E-state index contributed by atoms with van der Waals surface area (Å²) in [5, 5.41) is 4.55. The fraction of sp³-hybridized carbons (Fsp3) is 0.100. The molecule has 0 bridgehead atoms. The van der Waals surface area contributed by atoms with Crippen LogP contribution in [0.1, 0.15) is 0 Å². The van der Waals surface area contributed by atoms with Gasteiger partial charge in [-0.2, -0.15) is 0 Å². The summed E-state index contributed by atoms with van der Waals surface area (Å²) < 4.78 is 7.12. The number of ether oxygens (including phenoxy) is 1. The first-order chi connectivity index (χ1) is 7.15. The Kier molecular flexibility index (Phi) is 2.51. The quantitative estimate of drug-likeness (QED) is 0.796. The molecule has 5 heteroatoms. The van der Waals surface area contributed by atoms with Gasteiger partial charge in [-0.05, 0) is 18.2 Å². The van der Waals surface area contributed by atoms with Crippen LogP contribution in [0.5, 0.6) is 11.6 Å². The van der Waals surface area contributed by atoms with Crippen molar-refractivity contribution in [3.63, 3.8) is 0 Å². The fourth-order valence-corrected chi connectivity index (χ4v) is 1.39. The predicted octanol–water partition coefficient (Wildman–Crippen LogP) is 2.45. The minimum atomic E-state index is 0.473. The Hall–Kier alpha value is -1.68. The van der Waals surface area contributed by atoms with Gasteiger partial charge < -0.3 is 10.5 Å². The molecule has 2 N–H and O–H groups in total. The third kappa shape index (κ3) is 2.22. The lowest BCUT2D eigenvalue weighted by molar-refractivity contribution is 0.454. The number of nitrogens with zero attached hydrogens (tertiary/aromatic N) is 2. The van der Waals surface area contributed by atoms with Crippen molar-refractivity contribution >= 4 is 17.3 Å². The van der Waals surface area contributed by atoms with Gasteiger partial charge in [0, 0.05) is 25.0 Å². The van der Waals surface area contributed by atoms with Crippen molar-refractivity contribution in [1.82, 2.24) is 9.78 Å². The van der Waals surface area contributed by atoms with E-state index in [2.05, 4.69) is 5.10 Å². The van der Waals surface area contributed by atoms with Crippen LogP contribution >= 0.6 is 11.6 Å². The van der Waals surface area contributed by atoms with E-state index in [-0.39, 0.29) is 0 Å². The van der Waals surface area contributed by atoms with Gasteiger partial charge in [0.1, 0.15) is 5.75 Å². The molecular formula is C10H10ClN3O. The number of nitrogen functional groups attached to an aromatic ring is 1. The highest BCUT2D eigenvalue weighted by atomic mass is 35.5. The van der Waals surface area contributed by atoms with Crippen molar-refractivity contribution < 1.29 is 4.74 Å². The van der Waals surface area contributed by atoms with Gasteiger partial charge in [0.25, 0.3) is 0 Å². The number of halogens is 1. The topological polar surface area (TPSA) is 53.1 Å². The van der Waals surface area contributed by atoms with Crippen LogP contribution in [0, 0.1) is 0 Å². The number of hydrogen-bond acceptors (Lipinski definition) is 3.